The molecule has 3 rings (SSSR count). The van der Waals surface area contributed by atoms with Crippen LogP contribution in [0.25, 0.3) is 11.0 Å². The second-order valence-electron chi connectivity index (χ2n) is 9.59. The number of nitrogens with zero attached hydrogens (tertiary/aromatic N) is 3. The fourth-order valence-electron chi connectivity index (χ4n) is 3.22. The van der Waals surface area contributed by atoms with Crippen molar-refractivity contribution < 1.29 is 28.7 Å². The third-order valence-corrected chi connectivity index (χ3v) is 5.48. The van der Waals surface area contributed by atoms with E-state index in [1.165, 1.54) is 44.9 Å². The second kappa shape index (κ2) is 12.6. The van der Waals surface area contributed by atoms with Crippen molar-refractivity contribution in [2.75, 3.05) is 19.5 Å². The summed E-state index contributed by atoms with van der Waals surface area (Å²) in [5.41, 5.74) is -0.148. The highest BCUT2D eigenvalue weighted by molar-refractivity contribution is 5.97. The van der Waals surface area contributed by atoms with E-state index in [4.69, 9.17) is 4.74 Å². The summed E-state index contributed by atoms with van der Waals surface area (Å²) in [5, 5.41) is 5.26. The first-order chi connectivity index (χ1) is 18.9. The maximum Gasteiger partial charge on any atom is 0.328 e. The number of pyridine rings is 2. The van der Waals surface area contributed by atoms with Crippen molar-refractivity contribution in [3.05, 3.63) is 57.8 Å². The Hall–Kier alpha value is -5.12. The second-order valence-corrected chi connectivity index (χ2v) is 9.59. The molecule has 3 N–H and O–H groups in total. The van der Waals surface area contributed by atoms with Gasteiger partial charge in [0.2, 0.25) is 11.9 Å². The van der Waals surface area contributed by atoms with Gasteiger partial charge in [-0.3, -0.25) is 34.5 Å². The average molecular weight is 549 g/mol. The maximum atomic E-state index is 12.7. The molecule has 3 aromatic rings. The first kappa shape index (κ1) is 29.4. The summed E-state index contributed by atoms with van der Waals surface area (Å²) in [6.45, 7) is 5.19. The molecule has 3 aromatic heterocycles. The smallest absolute Gasteiger partial charge is 0.328 e. The molecule has 1 atom stereocenters. The summed E-state index contributed by atoms with van der Waals surface area (Å²) in [4.78, 5) is 75.9. The van der Waals surface area contributed by atoms with Crippen molar-refractivity contribution in [3.63, 3.8) is 0 Å². The van der Waals surface area contributed by atoms with Crippen LogP contribution in [0.15, 0.2) is 35.5 Å². The van der Waals surface area contributed by atoms with Crippen molar-refractivity contribution in [1.82, 2.24) is 25.3 Å². The summed E-state index contributed by atoms with van der Waals surface area (Å²) in [5.74, 6) is 3.53. The van der Waals surface area contributed by atoms with E-state index in [-0.39, 0.29) is 41.3 Å². The van der Waals surface area contributed by atoms with Gasteiger partial charge in [-0.25, -0.2) is 9.78 Å². The van der Waals surface area contributed by atoms with Crippen molar-refractivity contribution in [2.24, 2.45) is 5.41 Å². The number of amides is 2. The van der Waals surface area contributed by atoms with Crippen molar-refractivity contribution in [1.29, 1.82) is 0 Å². The van der Waals surface area contributed by atoms with Gasteiger partial charge >= 0.3 is 11.9 Å². The lowest BCUT2D eigenvalue weighted by Crippen LogP contribution is -2.42. The molecule has 0 aromatic carbocycles. The molecule has 0 saturated heterocycles. The minimum Gasteiger partial charge on any atom is -0.469 e. The largest absolute Gasteiger partial charge is 0.469 e. The van der Waals surface area contributed by atoms with E-state index in [1.54, 1.807) is 20.8 Å². The Morgan fingerprint density at radius 3 is 2.38 bits per heavy atom. The van der Waals surface area contributed by atoms with Crippen LogP contribution in [0.4, 0.5) is 5.95 Å². The standard InChI is InChI=1S/C27H28N6O7/c1-27(2,3)25(38)33-26-31-21-18(23(36)32-26)11-16(13-29-21)7-6-15-10-17(14-28-12-15)22(35)30-19(24(37)40-5)8-9-20(34)39-4/h10-14,19H,8-9H2,1-5H3,(H,30,35)(H2,29,31,32,33,36,38)/t19-/m1/s1. The topological polar surface area (TPSA) is 182 Å². The number of hydrogen-bond acceptors (Lipinski definition) is 10. The average Bonchev–Trinajstić information content (AvgIpc) is 2.93. The highest BCUT2D eigenvalue weighted by atomic mass is 16.5. The van der Waals surface area contributed by atoms with Crippen LogP contribution in [0, 0.1) is 17.3 Å². The summed E-state index contributed by atoms with van der Waals surface area (Å²) >= 11 is 0. The number of nitrogens with one attached hydrogen (secondary N) is 3. The molecule has 0 aliphatic heterocycles. The number of aromatic nitrogens is 4. The number of fused-ring (bicyclic) bond motifs is 1. The van der Waals surface area contributed by atoms with Gasteiger partial charge in [-0.05, 0) is 18.6 Å². The van der Waals surface area contributed by atoms with Crippen LogP contribution in [0.1, 0.15) is 55.1 Å². The first-order valence-electron chi connectivity index (χ1n) is 12.1. The predicted molar refractivity (Wildman–Crippen MR) is 143 cm³/mol. The molecule has 2 amide bonds. The van der Waals surface area contributed by atoms with Gasteiger partial charge in [-0.2, -0.15) is 4.98 Å². The number of methoxy groups -OCH3 is 2. The molecular weight excluding hydrogens is 520 g/mol. The van der Waals surface area contributed by atoms with Gasteiger partial charge in [0.25, 0.3) is 11.5 Å². The van der Waals surface area contributed by atoms with Crippen molar-refractivity contribution >= 4 is 40.7 Å². The molecule has 0 aliphatic carbocycles. The number of hydrogen-bond donors (Lipinski definition) is 3. The quantitative estimate of drug-likeness (QED) is 0.288. The predicted octanol–water partition coefficient (Wildman–Crippen LogP) is 1.32. The summed E-state index contributed by atoms with van der Waals surface area (Å²) < 4.78 is 9.28. The van der Waals surface area contributed by atoms with Gasteiger partial charge in [-0.15, -0.1) is 0 Å². The zero-order chi connectivity index (χ0) is 29.4. The lowest BCUT2D eigenvalue weighted by molar-refractivity contribution is -0.144. The fourth-order valence-corrected chi connectivity index (χ4v) is 3.22. The van der Waals surface area contributed by atoms with Gasteiger partial charge in [0.05, 0.1) is 25.2 Å². The summed E-state index contributed by atoms with van der Waals surface area (Å²) in [7, 11) is 2.40. The Kier molecular flexibility index (Phi) is 9.28. The summed E-state index contributed by atoms with van der Waals surface area (Å²) in [6.07, 6.45) is 4.06. The lowest BCUT2D eigenvalue weighted by atomic mass is 9.96. The van der Waals surface area contributed by atoms with E-state index in [9.17, 15) is 24.0 Å². The molecule has 0 radical (unpaired) electrons. The number of esters is 2. The molecule has 0 bridgehead atoms. The van der Waals surface area contributed by atoms with Crippen molar-refractivity contribution in [3.8, 4) is 11.8 Å². The van der Waals surface area contributed by atoms with Gasteiger partial charge in [0.15, 0.2) is 5.65 Å². The molecule has 13 nitrogen and oxygen atoms in total. The molecule has 3 heterocycles. The zero-order valence-corrected chi connectivity index (χ0v) is 22.6. The Morgan fingerprint density at radius 2 is 1.73 bits per heavy atom. The number of rotatable bonds is 7. The molecule has 0 aliphatic rings. The minimum absolute atomic E-state index is 0.00852. The minimum atomic E-state index is -1.07. The van der Waals surface area contributed by atoms with Gasteiger partial charge in [0, 0.05) is 41.6 Å². The highest BCUT2D eigenvalue weighted by Crippen LogP contribution is 2.16. The monoisotopic (exact) mass is 548 g/mol. The number of anilines is 1. The number of carbonyl (C=O) groups excluding carboxylic acids is 4. The Morgan fingerprint density at radius 1 is 1.02 bits per heavy atom. The number of aromatic amines is 1. The van der Waals surface area contributed by atoms with Gasteiger partial charge < -0.3 is 14.8 Å². The third-order valence-electron chi connectivity index (χ3n) is 5.48. The maximum absolute atomic E-state index is 12.7. The van der Waals surface area contributed by atoms with E-state index in [0.29, 0.717) is 11.1 Å². The Labute approximate surface area is 229 Å². The molecule has 40 heavy (non-hydrogen) atoms. The first-order valence-corrected chi connectivity index (χ1v) is 12.1. The summed E-state index contributed by atoms with van der Waals surface area (Å²) in [6, 6.07) is 1.91. The molecule has 0 spiro atoms. The van der Waals surface area contributed by atoms with E-state index in [0.717, 1.165) is 0 Å². The Balaban J connectivity index is 1.78. The molecule has 13 heteroatoms. The third kappa shape index (κ3) is 7.70. The number of H-pyrrole nitrogens is 1. The van der Waals surface area contributed by atoms with Crippen LogP contribution in [-0.2, 0) is 23.9 Å². The van der Waals surface area contributed by atoms with Crippen LogP contribution >= 0.6 is 0 Å². The number of ether oxygens (including phenoxy) is 2. The van der Waals surface area contributed by atoms with Gasteiger partial charge in [-0.1, -0.05) is 32.6 Å². The molecule has 208 valence electrons. The van der Waals surface area contributed by atoms with Crippen LogP contribution in [0.2, 0.25) is 0 Å². The lowest BCUT2D eigenvalue weighted by Gasteiger charge is -2.16. The molecule has 0 saturated carbocycles. The molecular formula is C27H28N6O7. The van der Waals surface area contributed by atoms with Crippen molar-refractivity contribution in [2.45, 2.75) is 39.7 Å². The van der Waals surface area contributed by atoms with Gasteiger partial charge in [0.1, 0.15) is 6.04 Å². The zero-order valence-electron chi connectivity index (χ0n) is 22.6. The van der Waals surface area contributed by atoms with Crippen LogP contribution < -0.4 is 16.2 Å². The number of carbonyl (C=O) groups is 4. The van der Waals surface area contributed by atoms with Crippen LogP contribution in [0.5, 0.6) is 0 Å². The highest BCUT2D eigenvalue weighted by Gasteiger charge is 2.24. The SMILES string of the molecule is COC(=O)CC[C@@H](NC(=O)c1cncc(C#Cc2cnc3nc(NC(=O)C(C)(C)C)[nH]c(=O)c3c2)c1)C(=O)OC. The fraction of sp³-hybridized carbons (Fsp3) is 0.333. The van der Waals surface area contributed by atoms with E-state index in [2.05, 4.69) is 47.1 Å². The van der Waals surface area contributed by atoms with Crippen LogP contribution in [-0.4, -0.2) is 64.0 Å². The van der Waals surface area contributed by atoms with E-state index in [1.807, 2.05) is 0 Å². The normalized spacial score (nSPS) is 11.5. The van der Waals surface area contributed by atoms with E-state index < -0.39 is 34.9 Å². The van der Waals surface area contributed by atoms with Crippen LogP contribution in [0.3, 0.4) is 0 Å². The Bertz CT molecular complexity index is 1580. The van der Waals surface area contributed by atoms with E-state index >= 15 is 0 Å². The molecule has 0 unspecified atom stereocenters. The molecule has 0 fully saturated rings.